The molecule has 0 aromatic heterocycles. The van der Waals surface area contributed by atoms with Crippen molar-refractivity contribution in [3.05, 3.63) is 12.2 Å². The van der Waals surface area contributed by atoms with Crippen molar-refractivity contribution in [2.45, 2.75) is 109 Å². The predicted octanol–water partition coefficient (Wildman–Crippen LogP) is 5.21. The Morgan fingerprint density at radius 1 is 0.774 bits per heavy atom. The fourth-order valence-electron chi connectivity index (χ4n) is 3.32. The van der Waals surface area contributed by atoms with E-state index in [0.717, 1.165) is 38.5 Å². The molecule has 0 spiro atoms. The molecule has 0 fully saturated rings. The van der Waals surface area contributed by atoms with E-state index in [1.165, 1.54) is 44.9 Å². The summed E-state index contributed by atoms with van der Waals surface area (Å²) in [5, 5.41) is 0.403. The van der Waals surface area contributed by atoms with Crippen LogP contribution >= 0.6 is 15.2 Å². The molecule has 0 aromatic rings. The summed E-state index contributed by atoms with van der Waals surface area (Å²) in [5.41, 5.74) is 0. The summed E-state index contributed by atoms with van der Waals surface area (Å²) in [6.45, 7) is 2.06. The fraction of sp³-hybridized carbons (Fsp3) is 0.857. The number of hydrogen-bond acceptors (Lipinski definition) is 3. The molecular formula is C21H43NO7P2. The number of carbonyl (C=O) groups excluding carboxylic acids is 1. The van der Waals surface area contributed by atoms with Gasteiger partial charge in [0.15, 0.2) is 5.40 Å². The van der Waals surface area contributed by atoms with E-state index in [1.54, 1.807) is 0 Å². The Hall–Kier alpha value is -0.490. The first-order valence-corrected chi connectivity index (χ1v) is 15.0. The van der Waals surface area contributed by atoms with Gasteiger partial charge in [0.2, 0.25) is 5.91 Å². The zero-order chi connectivity index (χ0) is 23.6. The third kappa shape index (κ3) is 18.8. The molecule has 5 N–H and O–H groups in total. The van der Waals surface area contributed by atoms with Crippen molar-refractivity contribution in [1.29, 1.82) is 0 Å². The van der Waals surface area contributed by atoms with Gasteiger partial charge in [-0.3, -0.25) is 13.9 Å². The molecule has 10 heteroatoms. The Morgan fingerprint density at radius 3 is 1.71 bits per heavy atom. The van der Waals surface area contributed by atoms with Crippen LogP contribution in [0.1, 0.15) is 103 Å². The predicted molar refractivity (Wildman–Crippen MR) is 125 cm³/mol. The molecule has 0 atom stereocenters. The Morgan fingerprint density at radius 2 is 1.23 bits per heavy atom. The highest BCUT2D eigenvalue weighted by atomic mass is 31.2. The lowest BCUT2D eigenvalue weighted by Gasteiger charge is -2.19. The first-order valence-electron chi connectivity index (χ1n) is 11.6. The average Bonchev–Trinajstić information content (AvgIpc) is 2.66. The quantitative estimate of drug-likeness (QED) is 0.0908. The summed E-state index contributed by atoms with van der Waals surface area (Å²) < 4.78 is 22.3. The zero-order valence-electron chi connectivity index (χ0n) is 19.0. The molecule has 184 valence electrons. The maximum atomic E-state index is 11.7. The molecule has 0 unspecified atom stereocenters. The van der Waals surface area contributed by atoms with E-state index in [9.17, 15) is 13.9 Å². The minimum atomic E-state index is -4.93. The van der Waals surface area contributed by atoms with Gasteiger partial charge in [-0.25, -0.2) is 0 Å². The maximum absolute atomic E-state index is 11.7. The van der Waals surface area contributed by atoms with Crippen molar-refractivity contribution in [2.24, 2.45) is 0 Å². The lowest BCUT2D eigenvalue weighted by atomic mass is 10.1. The summed E-state index contributed by atoms with van der Waals surface area (Å²) >= 11 is 0. The second-order valence-electron chi connectivity index (χ2n) is 8.13. The second kappa shape index (κ2) is 18.0. The van der Waals surface area contributed by atoms with Crippen LogP contribution in [0.3, 0.4) is 0 Å². The third-order valence-corrected chi connectivity index (χ3v) is 9.04. The van der Waals surface area contributed by atoms with Gasteiger partial charge in [0.05, 0.1) is 0 Å². The van der Waals surface area contributed by atoms with Crippen molar-refractivity contribution in [2.75, 3.05) is 6.54 Å². The fourth-order valence-corrected chi connectivity index (χ4v) is 5.82. The smallest absolute Gasteiger partial charge is 0.340 e. The third-order valence-electron chi connectivity index (χ3n) is 5.17. The van der Waals surface area contributed by atoms with Gasteiger partial charge in [0.25, 0.3) is 0 Å². The Labute approximate surface area is 187 Å². The van der Waals surface area contributed by atoms with Crippen LogP contribution in [0.15, 0.2) is 12.2 Å². The highest BCUT2D eigenvalue weighted by molar-refractivity contribution is 7.70. The minimum absolute atomic E-state index is 0.176. The van der Waals surface area contributed by atoms with E-state index < -0.39 is 27.0 Å². The van der Waals surface area contributed by atoms with Gasteiger partial charge in [0.1, 0.15) is 0 Å². The van der Waals surface area contributed by atoms with Gasteiger partial charge >= 0.3 is 15.2 Å². The van der Waals surface area contributed by atoms with Crippen molar-refractivity contribution in [1.82, 2.24) is 5.32 Å². The van der Waals surface area contributed by atoms with Crippen molar-refractivity contribution < 1.29 is 33.5 Å². The molecule has 31 heavy (non-hydrogen) atoms. The van der Waals surface area contributed by atoms with E-state index in [1.807, 2.05) is 0 Å². The second-order valence-corrected chi connectivity index (χ2v) is 12.1. The number of amides is 1. The number of hydrogen-bond donors (Lipinski definition) is 5. The molecule has 0 aliphatic carbocycles. The molecule has 0 saturated heterocycles. The van der Waals surface area contributed by atoms with E-state index >= 15 is 0 Å². The van der Waals surface area contributed by atoms with Crippen molar-refractivity contribution in [3.8, 4) is 0 Å². The summed E-state index contributed by atoms with van der Waals surface area (Å²) in [6, 6.07) is 0. The van der Waals surface area contributed by atoms with Crippen LogP contribution in [0.25, 0.3) is 0 Å². The van der Waals surface area contributed by atoms with Crippen LogP contribution in [0.2, 0.25) is 0 Å². The summed E-state index contributed by atoms with van der Waals surface area (Å²) in [7, 11) is -9.86. The SMILES string of the molecule is CCCCCCCC/C=C\CCCCCCCC(=O)NCCC(P(=O)(O)O)P(=O)(O)O. The highest BCUT2D eigenvalue weighted by Gasteiger charge is 2.42. The van der Waals surface area contributed by atoms with Crippen LogP contribution in [0.4, 0.5) is 0 Å². The van der Waals surface area contributed by atoms with Gasteiger partial charge in [-0.1, -0.05) is 70.4 Å². The van der Waals surface area contributed by atoms with Crippen molar-refractivity contribution in [3.63, 3.8) is 0 Å². The number of allylic oxidation sites excluding steroid dienone is 2. The van der Waals surface area contributed by atoms with Gasteiger partial charge in [-0.2, -0.15) is 0 Å². The van der Waals surface area contributed by atoms with E-state index in [2.05, 4.69) is 24.4 Å². The Balaban J connectivity index is 3.61. The standard InChI is InChI=1S/C21H43NO7P2/c1-2-3-4-5-6-7-8-9-10-11-12-13-14-15-16-17-20(23)22-19-18-21(30(24,25)26)31(27,28)29/h9-10,21H,2-8,11-19H2,1H3,(H,22,23)(H2,24,25,26)(H2,27,28,29)/b10-9-. The number of rotatable bonds is 20. The molecular weight excluding hydrogens is 440 g/mol. The zero-order valence-corrected chi connectivity index (χ0v) is 20.7. The summed E-state index contributed by atoms with van der Waals surface area (Å²) in [6.07, 6.45) is 19.6. The molecule has 0 bridgehead atoms. The van der Waals surface area contributed by atoms with Gasteiger partial charge in [-0.05, 0) is 38.5 Å². The van der Waals surface area contributed by atoms with Gasteiger partial charge < -0.3 is 24.9 Å². The molecule has 0 aliphatic rings. The van der Waals surface area contributed by atoms with Gasteiger partial charge in [-0.15, -0.1) is 0 Å². The largest absolute Gasteiger partial charge is 0.356 e. The topological polar surface area (TPSA) is 144 Å². The summed E-state index contributed by atoms with van der Waals surface area (Å²) in [4.78, 5) is 47.9. The van der Waals surface area contributed by atoms with Crippen LogP contribution in [0.5, 0.6) is 0 Å². The number of carbonyl (C=O) groups is 1. The molecule has 0 saturated carbocycles. The maximum Gasteiger partial charge on any atom is 0.340 e. The van der Waals surface area contributed by atoms with Crippen LogP contribution < -0.4 is 5.32 Å². The van der Waals surface area contributed by atoms with Gasteiger partial charge in [0, 0.05) is 13.0 Å². The summed E-state index contributed by atoms with van der Waals surface area (Å²) in [5.74, 6) is -0.271. The van der Waals surface area contributed by atoms with E-state index in [0.29, 0.717) is 6.42 Å². The molecule has 0 radical (unpaired) electrons. The normalized spacial score (nSPS) is 12.7. The molecule has 0 heterocycles. The Kier molecular flexibility index (Phi) is 17.7. The monoisotopic (exact) mass is 483 g/mol. The van der Waals surface area contributed by atoms with Crippen LogP contribution in [0, 0.1) is 0 Å². The average molecular weight is 484 g/mol. The first-order chi connectivity index (χ1) is 14.6. The van der Waals surface area contributed by atoms with Crippen LogP contribution in [-0.2, 0) is 13.9 Å². The molecule has 0 rings (SSSR count). The van der Waals surface area contributed by atoms with Crippen molar-refractivity contribution >= 4 is 21.1 Å². The number of unbranched alkanes of at least 4 members (excludes halogenated alkanes) is 11. The minimum Gasteiger partial charge on any atom is -0.356 e. The van der Waals surface area contributed by atoms with E-state index in [4.69, 9.17) is 19.6 Å². The lowest BCUT2D eigenvalue weighted by Crippen LogP contribution is -2.27. The highest BCUT2D eigenvalue weighted by Crippen LogP contribution is 2.61. The molecule has 0 aromatic carbocycles. The molecule has 1 amide bonds. The number of nitrogens with one attached hydrogen (secondary N) is 1. The molecule has 8 nitrogen and oxygen atoms in total. The van der Waals surface area contributed by atoms with Crippen LogP contribution in [-0.4, -0.2) is 37.4 Å². The first kappa shape index (κ1) is 30.5. The Bertz CT molecular complexity index is 564. The lowest BCUT2D eigenvalue weighted by molar-refractivity contribution is -0.121. The van der Waals surface area contributed by atoms with E-state index in [-0.39, 0.29) is 12.5 Å². The molecule has 0 aliphatic heterocycles.